The number of carbonyl (C=O) groups is 1. The zero-order valence-electron chi connectivity index (χ0n) is 9.91. The molecular formula is C11H14F4N2OS+2. The number of halogens is 4. The molecule has 0 atom stereocenters. The maximum Gasteiger partial charge on any atom is 0.413 e. The van der Waals surface area contributed by atoms with Gasteiger partial charge in [-0.3, -0.25) is 15.4 Å². The van der Waals surface area contributed by atoms with Crippen LogP contribution in [-0.4, -0.2) is 36.9 Å². The van der Waals surface area contributed by atoms with Gasteiger partial charge in [-0.05, 0) is 11.4 Å². The Balaban J connectivity index is 2.24. The molecule has 4 N–H and O–H groups in total. The van der Waals surface area contributed by atoms with Crippen molar-refractivity contribution in [3.63, 3.8) is 0 Å². The molecule has 1 fully saturated rings. The molecule has 3 nitrogen and oxygen atoms in total. The van der Waals surface area contributed by atoms with Crippen molar-refractivity contribution in [3.8, 4) is 0 Å². The molecule has 0 spiro atoms. The van der Waals surface area contributed by atoms with Gasteiger partial charge in [0, 0.05) is 0 Å². The highest BCUT2D eigenvalue weighted by atomic mass is 32.1. The van der Waals surface area contributed by atoms with Gasteiger partial charge in [0.15, 0.2) is 5.78 Å². The Labute approximate surface area is 111 Å². The molecule has 2 heterocycles. The Bertz CT molecular complexity index is 444. The third-order valence-corrected chi connectivity index (χ3v) is 4.24. The Hall–Kier alpha value is -0.990. The topological polar surface area (TPSA) is 50.3 Å². The molecular weight excluding hydrogens is 284 g/mol. The van der Waals surface area contributed by atoms with Crippen molar-refractivity contribution in [1.29, 1.82) is 0 Å². The van der Waals surface area contributed by atoms with E-state index in [0.717, 1.165) is 22.0 Å². The first-order chi connectivity index (χ1) is 8.89. The number of hydrogen-bond acceptors (Lipinski definition) is 2. The fourth-order valence-corrected chi connectivity index (χ4v) is 2.96. The molecule has 0 radical (unpaired) electrons. The third kappa shape index (κ3) is 2.52. The van der Waals surface area contributed by atoms with E-state index in [1.807, 2.05) is 0 Å². The lowest BCUT2D eigenvalue weighted by atomic mass is 9.95. The highest BCUT2D eigenvalue weighted by Crippen LogP contribution is 2.32. The highest BCUT2D eigenvalue weighted by Gasteiger charge is 2.69. The summed E-state index contributed by atoms with van der Waals surface area (Å²) in [5.41, 5.74) is -2.12. The number of hydrogen-bond donors (Lipinski definition) is 2. The third-order valence-electron chi connectivity index (χ3n) is 3.33. The molecule has 0 unspecified atom stereocenters. The normalized spacial score (nSPS) is 19.0. The maximum absolute atomic E-state index is 13.7. The lowest BCUT2D eigenvalue weighted by Crippen LogP contribution is -3.16. The predicted octanol–water partition coefficient (Wildman–Crippen LogP) is 0.0580. The minimum atomic E-state index is -4.21. The van der Waals surface area contributed by atoms with Crippen molar-refractivity contribution in [3.05, 3.63) is 22.4 Å². The molecule has 19 heavy (non-hydrogen) atoms. The molecule has 2 rings (SSSR count). The van der Waals surface area contributed by atoms with E-state index in [2.05, 4.69) is 0 Å². The van der Waals surface area contributed by atoms with Crippen LogP contribution in [0.3, 0.4) is 0 Å². The van der Waals surface area contributed by atoms with Gasteiger partial charge in [-0.25, -0.2) is 8.78 Å². The van der Waals surface area contributed by atoms with Gasteiger partial charge in [0.25, 0.3) is 5.66 Å². The fourth-order valence-electron chi connectivity index (χ4n) is 2.29. The van der Waals surface area contributed by atoms with Gasteiger partial charge >= 0.3 is 12.3 Å². The molecule has 0 saturated carbocycles. The molecule has 1 saturated heterocycles. The Morgan fingerprint density at radius 1 is 1.42 bits per heavy atom. The molecule has 8 heteroatoms. The van der Waals surface area contributed by atoms with Gasteiger partial charge in [-0.1, -0.05) is 6.07 Å². The quantitative estimate of drug-likeness (QED) is 0.586. The summed E-state index contributed by atoms with van der Waals surface area (Å²) in [5, 5.41) is 3.96. The van der Waals surface area contributed by atoms with Gasteiger partial charge < -0.3 is 0 Å². The monoisotopic (exact) mass is 298 g/mol. The summed E-state index contributed by atoms with van der Waals surface area (Å²) in [6, 6.07) is 3.13. The number of rotatable bonds is 5. The highest BCUT2D eigenvalue weighted by molar-refractivity contribution is 7.12. The molecule has 106 valence electrons. The van der Waals surface area contributed by atoms with Gasteiger partial charge in [-0.15, -0.1) is 11.3 Å². The Morgan fingerprint density at radius 3 is 2.53 bits per heavy atom. The van der Waals surface area contributed by atoms with Gasteiger partial charge in [0.2, 0.25) is 0 Å². The van der Waals surface area contributed by atoms with Crippen LogP contribution in [-0.2, 0) is 0 Å². The van der Waals surface area contributed by atoms with Crippen LogP contribution in [0.5, 0.6) is 0 Å². The van der Waals surface area contributed by atoms with Crippen molar-refractivity contribution in [2.45, 2.75) is 24.4 Å². The van der Waals surface area contributed by atoms with E-state index in [1.165, 1.54) is 6.07 Å². The van der Waals surface area contributed by atoms with E-state index in [4.69, 9.17) is 0 Å². The summed E-state index contributed by atoms with van der Waals surface area (Å²) >= 11 is 1.12. The predicted molar refractivity (Wildman–Crippen MR) is 60.5 cm³/mol. The fraction of sp³-hybridized carbons (Fsp3) is 0.545. The molecule has 0 amide bonds. The second-order valence-corrected chi connectivity index (χ2v) is 5.47. The number of carbonyl (C=O) groups excluding carboxylic acids is 1. The molecule has 1 aliphatic rings. The minimum absolute atomic E-state index is 0.292. The molecule has 0 aliphatic carbocycles. The Kier molecular flexibility index (Phi) is 3.93. The summed E-state index contributed by atoms with van der Waals surface area (Å²) < 4.78 is 52.7. The largest absolute Gasteiger partial charge is 0.413 e. The van der Waals surface area contributed by atoms with Crippen LogP contribution >= 0.6 is 11.3 Å². The number of alkyl halides is 4. The zero-order chi connectivity index (χ0) is 14.1. The lowest BCUT2D eigenvalue weighted by molar-refractivity contribution is -0.906. The number of ketones is 1. The van der Waals surface area contributed by atoms with Crippen molar-refractivity contribution < 1.29 is 33.0 Å². The van der Waals surface area contributed by atoms with Crippen LogP contribution in [0.4, 0.5) is 17.6 Å². The number of Topliss-reactive ketones (excluding diaryl/α,β-unsaturated/α-hetero) is 1. The standard InChI is InChI=1S/C11H12F4N2OS/c12-9(13)11(14,15)10(16-3-4-17-10)6-7(18)8-2-1-5-19-8/h1-2,5,9,16-17H,3-4,6H2/p+2. The molecule has 1 aromatic heterocycles. The van der Waals surface area contributed by atoms with Crippen molar-refractivity contribution in [2.75, 3.05) is 13.1 Å². The lowest BCUT2D eigenvalue weighted by Gasteiger charge is -2.29. The number of quaternary nitrogens is 2. The minimum Gasteiger partial charge on any atom is -0.293 e. The van der Waals surface area contributed by atoms with Crippen LogP contribution < -0.4 is 10.6 Å². The summed E-state index contributed by atoms with van der Waals surface area (Å²) in [7, 11) is 0. The summed E-state index contributed by atoms with van der Waals surface area (Å²) in [5.74, 6) is -4.74. The van der Waals surface area contributed by atoms with Gasteiger partial charge in [0.1, 0.15) is 19.5 Å². The second-order valence-electron chi connectivity index (χ2n) is 4.53. The smallest absolute Gasteiger partial charge is 0.293 e. The van der Waals surface area contributed by atoms with Crippen LogP contribution in [0.15, 0.2) is 17.5 Å². The molecule has 1 aromatic rings. The summed E-state index contributed by atoms with van der Waals surface area (Å²) in [6.07, 6.45) is -4.39. The van der Waals surface area contributed by atoms with E-state index in [-0.39, 0.29) is 0 Å². The van der Waals surface area contributed by atoms with Crippen LogP contribution in [0, 0.1) is 0 Å². The number of thiophene rings is 1. The molecule has 0 bridgehead atoms. The van der Waals surface area contributed by atoms with E-state index in [0.29, 0.717) is 18.0 Å². The van der Waals surface area contributed by atoms with E-state index in [9.17, 15) is 22.4 Å². The zero-order valence-corrected chi connectivity index (χ0v) is 10.7. The SMILES string of the molecule is O=C(CC1(C(F)(F)C(F)F)[NH2+]CC[NH2+]1)c1cccs1. The average molecular weight is 298 g/mol. The first kappa shape index (κ1) is 14.4. The van der Waals surface area contributed by atoms with Crippen LogP contribution in [0.1, 0.15) is 16.1 Å². The average Bonchev–Trinajstić information content (AvgIpc) is 2.99. The Morgan fingerprint density at radius 2 is 2.05 bits per heavy atom. The van der Waals surface area contributed by atoms with Crippen LogP contribution in [0.25, 0.3) is 0 Å². The first-order valence-corrected chi connectivity index (χ1v) is 6.68. The van der Waals surface area contributed by atoms with E-state index < -0.39 is 30.2 Å². The molecule has 0 aromatic carbocycles. The van der Waals surface area contributed by atoms with Crippen molar-refractivity contribution in [1.82, 2.24) is 0 Å². The van der Waals surface area contributed by atoms with E-state index in [1.54, 1.807) is 11.4 Å². The summed E-state index contributed by atoms with van der Waals surface area (Å²) in [4.78, 5) is 12.2. The van der Waals surface area contributed by atoms with Crippen molar-refractivity contribution >= 4 is 17.1 Å². The number of nitrogens with two attached hydrogens (primary N) is 2. The maximum atomic E-state index is 13.7. The van der Waals surface area contributed by atoms with E-state index >= 15 is 0 Å². The van der Waals surface area contributed by atoms with Gasteiger partial charge in [-0.2, -0.15) is 8.78 Å². The van der Waals surface area contributed by atoms with Crippen molar-refractivity contribution in [2.24, 2.45) is 0 Å². The molecule has 1 aliphatic heterocycles. The van der Waals surface area contributed by atoms with Crippen LogP contribution in [0.2, 0.25) is 0 Å². The summed E-state index contributed by atoms with van der Waals surface area (Å²) in [6.45, 7) is 0.583. The van der Waals surface area contributed by atoms with Gasteiger partial charge in [0.05, 0.1) is 4.88 Å². The first-order valence-electron chi connectivity index (χ1n) is 5.80. The second kappa shape index (κ2) is 5.18.